The molecule has 0 bridgehead atoms. The molecule has 2 aromatic rings. The van der Waals surface area contributed by atoms with Crippen LogP contribution >= 0.6 is 23.2 Å². The van der Waals surface area contributed by atoms with Gasteiger partial charge in [0, 0.05) is 12.6 Å². The maximum absolute atomic E-state index is 13.1. The summed E-state index contributed by atoms with van der Waals surface area (Å²) in [4.78, 5) is 4.21. The van der Waals surface area contributed by atoms with Crippen LogP contribution in [0.3, 0.4) is 0 Å². The Balaban J connectivity index is 2.26. The highest BCUT2D eigenvalue weighted by Gasteiger charge is 2.11. The Morgan fingerprint density at radius 1 is 1.25 bits per heavy atom. The first kappa shape index (κ1) is 14.9. The zero-order valence-electron chi connectivity index (χ0n) is 10.8. The van der Waals surface area contributed by atoms with E-state index < -0.39 is 5.82 Å². The molecule has 1 N–H and O–H groups in total. The monoisotopic (exact) mass is 314 g/mol. The minimum Gasteiger partial charge on any atom is -0.437 e. The van der Waals surface area contributed by atoms with Crippen LogP contribution in [-0.2, 0) is 0 Å². The first-order valence-corrected chi connectivity index (χ1v) is 6.89. The molecule has 3 nitrogen and oxygen atoms in total. The molecule has 0 aliphatic carbocycles. The van der Waals surface area contributed by atoms with Crippen LogP contribution in [0.15, 0.2) is 30.3 Å². The van der Waals surface area contributed by atoms with Gasteiger partial charge in [0.25, 0.3) is 0 Å². The topological polar surface area (TPSA) is 34.2 Å². The molecular weight excluding hydrogens is 302 g/mol. The highest BCUT2D eigenvalue weighted by Crippen LogP contribution is 2.33. The summed E-state index contributed by atoms with van der Waals surface area (Å²) in [6.07, 6.45) is 0.931. The van der Waals surface area contributed by atoms with E-state index in [4.69, 9.17) is 27.9 Å². The quantitative estimate of drug-likeness (QED) is 0.829. The van der Waals surface area contributed by atoms with E-state index in [1.807, 2.05) is 6.92 Å². The average Bonchev–Trinajstić information content (AvgIpc) is 2.40. The summed E-state index contributed by atoms with van der Waals surface area (Å²) in [6.45, 7) is 2.76. The van der Waals surface area contributed by atoms with E-state index in [0.29, 0.717) is 16.6 Å². The number of pyridine rings is 1. The number of benzene rings is 1. The molecule has 0 aliphatic rings. The highest BCUT2D eigenvalue weighted by atomic mass is 35.5. The normalized spacial score (nSPS) is 10.4. The van der Waals surface area contributed by atoms with Crippen LogP contribution in [0.5, 0.6) is 11.6 Å². The van der Waals surface area contributed by atoms with Gasteiger partial charge in [-0.1, -0.05) is 36.2 Å². The van der Waals surface area contributed by atoms with Crippen molar-refractivity contribution in [2.45, 2.75) is 13.3 Å². The van der Waals surface area contributed by atoms with Crippen molar-refractivity contribution in [1.29, 1.82) is 0 Å². The second-order valence-corrected chi connectivity index (χ2v) is 4.91. The van der Waals surface area contributed by atoms with Gasteiger partial charge in [-0.2, -0.15) is 4.98 Å². The van der Waals surface area contributed by atoms with Crippen LogP contribution < -0.4 is 10.1 Å². The van der Waals surface area contributed by atoms with Gasteiger partial charge < -0.3 is 10.1 Å². The minimum atomic E-state index is -0.392. The molecular formula is C14H13Cl2FN2O. The second-order valence-electron chi connectivity index (χ2n) is 4.09. The summed E-state index contributed by atoms with van der Waals surface area (Å²) in [5.41, 5.74) is 0. The lowest BCUT2D eigenvalue weighted by Crippen LogP contribution is -2.03. The molecule has 0 saturated carbocycles. The van der Waals surface area contributed by atoms with Crippen molar-refractivity contribution in [3.05, 3.63) is 46.2 Å². The fourth-order valence-electron chi connectivity index (χ4n) is 1.53. The molecule has 106 valence electrons. The second kappa shape index (κ2) is 6.77. The molecule has 1 aromatic carbocycles. The molecule has 0 atom stereocenters. The molecule has 0 spiro atoms. The van der Waals surface area contributed by atoms with Crippen molar-refractivity contribution in [3.63, 3.8) is 0 Å². The van der Waals surface area contributed by atoms with E-state index in [1.54, 1.807) is 18.2 Å². The number of hydrogen-bond acceptors (Lipinski definition) is 3. The molecule has 20 heavy (non-hydrogen) atoms. The van der Waals surface area contributed by atoms with Crippen molar-refractivity contribution >= 4 is 29.0 Å². The number of anilines is 1. The maximum Gasteiger partial charge on any atom is 0.240 e. The summed E-state index contributed by atoms with van der Waals surface area (Å²) in [6, 6.07) is 7.30. The lowest BCUT2D eigenvalue weighted by Gasteiger charge is -2.11. The highest BCUT2D eigenvalue weighted by molar-refractivity contribution is 6.36. The predicted molar refractivity (Wildman–Crippen MR) is 79.5 cm³/mol. The van der Waals surface area contributed by atoms with Gasteiger partial charge in [0.1, 0.15) is 22.4 Å². The summed E-state index contributed by atoms with van der Waals surface area (Å²) >= 11 is 12.1. The first-order valence-electron chi connectivity index (χ1n) is 6.13. The Morgan fingerprint density at radius 2 is 2.05 bits per heavy atom. The SMILES string of the molecule is CCCNc1nc(Oc2cccc(F)c2)c(Cl)cc1Cl. The number of hydrogen-bond donors (Lipinski definition) is 1. The van der Waals surface area contributed by atoms with Crippen molar-refractivity contribution < 1.29 is 9.13 Å². The van der Waals surface area contributed by atoms with E-state index in [1.165, 1.54) is 12.1 Å². The van der Waals surface area contributed by atoms with Gasteiger partial charge in [-0.25, -0.2) is 4.39 Å². The molecule has 0 amide bonds. The molecule has 1 heterocycles. The largest absolute Gasteiger partial charge is 0.437 e. The molecule has 1 aromatic heterocycles. The van der Waals surface area contributed by atoms with E-state index in [-0.39, 0.29) is 10.9 Å². The minimum absolute atomic E-state index is 0.181. The number of aromatic nitrogens is 1. The Kier molecular flexibility index (Phi) is 5.04. The molecule has 0 radical (unpaired) electrons. The lowest BCUT2D eigenvalue weighted by molar-refractivity contribution is 0.459. The zero-order chi connectivity index (χ0) is 14.5. The number of nitrogens with one attached hydrogen (secondary N) is 1. The summed E-state index contributed by atoms with van der Waals surface area (Å²) in [5.74, 6) is 0.602. The smallest absolute Gasteiger partial charge is 0.240 e. The van der Waals surface area contributed by atoms with E-state index in [9.17, 15) is 4.39 Å². The van der Waals surface area contributed by atoms with E-state index >= 15 is 0 Å². The first-order chi connectivity index (χ1) is 9.60. The number of halogens is 3. The van der Waals surface area contributed by atoms with Crippen LogP contribution in [0, 0.1) is 5.82 Å². The third kappa shape index (κ3) is 3.74. The molecule has 2 rings (SSSR count). The average molecular weight is 315 g/mol. The maximum atomic E-state index is 13.1. The van der Waals surface area contributed by atoms with Crippen LogP contribution in [-0.4, -0.2) is 11.5 Å². The van der Waals surface area contributed by atoms with Crippen molar-refractivity contribution in [1.82, 2.24) is 4.98 Å². The lowest BCUT2D eigenvalue weighted by atomic mass is 10.3. The summed E-state index contributed by atoms with van der Waals surface area (Å²) in [5, 5.41) is 3.75. The molecule has 6 heteroatoms. The third-order valence-corrected chi connectivity index (χ3v) is 3.01. The molecule has 0 saturated heterocycles. The van der Waals surface area contributed by atoms with Crippen molar-refractivity contribution in [3.8, 4) is 11.6 Å². The van der Waals surface area contributed by atoms with Gasteiger partial charge in [0.15, 0.2) is 0 Å². The van der Waals surface area contributed by atoms with Gasteiger partial charge in [0.2, 0.25) is 5.88 Å². The van der Waals surface area contributed by atoms with E-state index in [2.05, 4.69) is 10.3 Å². The number of nitrogens with zero attached hydrogens (tertiary/aromatic N) is 1. The van der Waals surface area contributed by atoms with Crippen LogP contribution in [0.2, 0.25) is 10.0 Å². The van der Waals surface area contributed by atoms with Crippen LogP contribution in [0.4, 0.5) is 10.2 Å². The van der Waals surface area contributed by atoms with E-state index in [0.717, 1.165) is 13.0 Å². The Hall–Kier alpha value is -1.52. The number of rotatable bonds is 5. The fraction of sp³-hybridized carbons (Fsp3) is 0.214. The van der Waals surface area contributed by atoms with Crippen LogP contribution in [0.25, 0.3) is 0 Å². The van der Waals surface area contributed by atoms with Gasteiger partial charge in [0.05, 0.1) is 5.02 Å². The zero-order valence-corrected chi connectivity index (χ0v) is 12.3. The van der Waals surface area contributed by atoms with Crippen molar-refractivity contribution in [2.75, 3.05) is 11.9 Å². The number of ether oxygens (including phenoxy) is 1. The molecule has 0 aliphatic heterocycles. The van der Waals surface area contributed by atoms with Gasteiger partial charge in [-0.05, 0) is 24.6 Å². The van der Waals surface area contributed by atoms with Crippen LogP contribution in [0.1, 0.15) is 13.3 Å². The Labute approximate surface area is 126 Å². The standard InChI is InChI=1S/C14H13Cl2FN2O/c1-2-6-18-13-11(15)8-12(16)14(19-13)20-10-5-3-4-9(17)7-10/h3-5,7-8H,2,6H2,1H3,(H,18,19). The van der Waals surface area contributed by atoms with Crippen molar-refractivity contribution in [2.24, 2.45) is 0 Å². The fourth-order valence-corrected chi connectivity index (χ4v) is 1.99. The van der Waals surface area contributed by atoms with Gasteiger partial charge in [-0.15, -0.1) is 0 Å². The summed E-state index contributed by atoms with van der Waals surface area (Å²) in [7, 11) is 0. The Morgan fingerprint density at radius 3 is 2.75 bits per heavy atom. The molecule has 0 unspecified atom stereocenters. The Bertz CT molecular complexity index is 608. The predicted octanol–water partition coefficient (Wildman–Crippen LogP) is 5.14. The summed E-state index contributed by atoms with van der Waals surface area (Å²) < 4.78 is 18.6. The third-order valence-electron chi connectivity index (χ3n) is 2.45. The van der Waals surface area contributed by atoms with Gasteiger partial charge in [-0.3, -0.25) is 0 Å². The molecule has 0 fully saturated rings. The van der Waals surface area contributed by atoms with Gasteiger partial charge >= 0.3 is 0 Å².